The highest BCUT2D eigenvalue weighted by Gasteiger charge is 2.39. The molecule has 6 nitrogen and oxygen atoms in total. The fourth-order valence-electron chi connectivity index (χ4n) is 7.11. The lowest BCUT2D eigenvalue weighted by atomic mass is 9.82. The van der Waals surface area contributed by atoms with Gasteiger partial charge in [0.2, 0.25) is 5.88 Å². The summed E-state index contributed by atoms with van der Waals surface area (Å²) >= 11 is 0. The Labute approximate surface area is 247 Å². The Bertz CT molecular complexity index is 1460. The van der Waals surface area contributed by atoms with Crippen LogP contribution in [0, 0.1) is 17.7 Å². The summed E-state index contributed by atoms with van der Waals surface area (Å²) < 4.78 is 27.1. The summed E-state index contributed by atoms with van der Waals surface area (Å²) in [5, 5.41) is 9.76. The van der Waals surface area contributed by atoms with Gasteiger partial charge in [-0.3, -0.25) is 9.69 Å². The minimum absolute atomic E-state index is 0.000599. The molecule has 1 saturated carbocycles. The van der Waals surface area contributed by atoms with Crippen molar-refractivity contribution in [2.75, 3.05) is 7.11 Å². The summed E-state index contributed by atoms with van der Waals surface area (Å²) in [5.74, 6) is 0.0982. The molecule has 3 heterocycles. The number of benzene rings is 2. The van der Waals surface area contributed by atoms with Gasteiger partial charge >= 0.3 is 5.97 Å². The first-order chi connectivity index (χ1) is 20.2. The number of ether oxygens (including phenoxy) is 2. The van der Waals surface area contributed by atoms with Crippen LogP contribution in [-0.4, -0.2) is 40.2 Å². The van der Waals surface area contributed by atoms with Crippen molar-refractivity contribution in [1.82, 2.24) is 9.88 Å². The zero-order valence-electron chi connectivity index (χ0n) is 25.0. The second kappa shape index (κ2) is 11.7. The largest absolute Gasteiger partial charge is 0.485 e. The number of pyridine rings is 1. The molecular weight excluding hydrogens is 531 g/mol. The fourth-order valence-corrected chi connectivity index (χ4v) is 7.11. The number of carboxylic acid groups (broad SMARTS) is 1. The van der Waals surface area contributed by atoms with Crippen LogP contribution in [-0.2, 0) is 17.8 Å². The summed E-state index contributed by atoms with van der Waals surface area (Å²) in [4.78, 5) is 18.4. The number of aryl methyl sites for hydroxylation is 1. The maximum absolute atomic E-state index is 15.1. The van der Waals surface area contributed by atoms with Crippen LogP contribution in [0.25, 0.3) is 11.1 Å². The van der Waals surface area contributed by atoms with Gasteiger partial charge in [-0.15, -0.1) is 0 Å². The van der Waals surface area contributed by atoms with E-state index in [1.54, 1.807) is 13.2 Å². The number of hydrogen-bond donors (Lipinski definition) is 1. The Morgan fingerprint density at radius 3 is 2.52 bits per heavy atom. The van der Waals surface area contributed by atoms with Gasteiger partial charge in [0.1, 0.15) is 17.7 Å². The first-order valence-corrected chi connectivity index (χ1v) is 15.3. The molecule has 0 amide bonds. The molecule has 0 radical (unpaired) electrons. The Balaban J connectivity index is 1.33. The molecule has 2 aliphatic heterocycles. The van der Waals surface area contributed by atoms with Crippen LogP contribution in [0.15, 0.2) is 48.7 Å². The molecule has 5 atom stereocenters. The highest BCUT2D eigenvalue weighted by atomic mass is 19.1. The van der Waals surface area contributed by atoms with Crippen molar-refractivity contribution in [1.29, 1.82) is 0 Å². The van der Waals surface area contributed by atoms with Gasteiger partial charge in [-0.1, -0.05) is 37.3 Å². The van der Waals surface area contributed by atoms with Crippen LogP contribution in [0.2, 0.25) is 0 Å². The molecule has 2 aromatic carbocycles. The third-order valence-corrected chi connectivity index (χ3v) is 9.80. The molecule has 7 heteroatoms. The van der Waals surface area contributed by atoms with Crippen molar-refractivity contribution in [2.24, 2.45) is 11.8 Å². The first kappa shape index (κ1) is 28.7. The van der Waals surface area contributed by atoms with E-state index in [0.29, 0.717) is 29.4 Å². The molecule has 1 saturated heterocycles. The van der Waals surface area contributed by atoms with Crippen molar-refractivity contribution in [2.45, 2.75) is 89.9 Å². The van der Waals surface area contributed by atoms with Crippen molar-refractivity contribution in [3.63, 3.8) is 0 Å². The van der Waals surface area contributed by atoms with Crippen LogP contribution in [0.1, 0.15) is 87.2 Å². The van der Waals surface area contributed by atoms with Crippen LogP contribution in [0.3, 0.4) is 0 Å². The van der Waals surface area contributed by atoms with E-state index in [1.165, 1.54) is 6.20 Å². The van der Waals surface area contributed by atoms with Crippen LogP contribution in [0.5, 0.6) is 11.6 Å². The predicted octanol–water partition coefficient (Wildman–Crippen LogP) is 7.55. The predicted molar refractivity (Wildman–Crippen MR) is 160 cm³/mol. The summed E-state index contributed by atoms with van der Waals surface area (Å²) in [6.45, 7) is 7.07. The molecule has 0 spiro atoms. The van der Waals surface area contributed by atoms with Gasteiger partial charge in [0, 0.05) is 30.3 Å². The Morgan fingerprint density at radius 2 is 1.83 bits per heavy atom. The number of rotatable bonds is 9. The summed E-state index contributed by atoms with van der Waals surface area (Å²) in [5.41, 5.74) is 5.69. The molecule has 3 aliphatic rings. The van der Waals surface area contributed by atoms with E-state index in [0.717, 1.165) is 78.6 Å². The van der Waals surface area contributed by atoms with E-state index in [-0.39, 0.29) is 17.8 Å². The lowest BCUT2D eigenvalue weighted by Crippen LogP contribution is -2.32. The SMILES string of the molecule is COc1cc(-c2ccc([C@H]3CCc4ccc(C(C5CC5)[C@H](C)C(=O)O)cc4O3)cc2CN2[C@H](C)CC[C@H]2C)c(F)cn1. The van der Waals surface area contributed by atoms with E-state index < -0.39 is 11.9 Å². The van der Waals surface area contributed by atoms with Gasteiger partial charge in [0.25, 0.3) is 0 Å². The topological polar surface area (TPSA) is 71.9 Å². The third-order valence-electron chi connectivity index (χ3n) is 9.80. The van der Waals surface area contributed by atoms with Crippen molar-refractivity contribution in [3.8, 4) is 22.8 Å². The smallest absolute Gasteiger partial charge is 0.306 e. The van der Waals surface area contributed by atoms with E-state index >= 15 is 4.39 Å². The molecule has 42 heavy (non-hydrogen) atoms. The van der Waals surface area contributed by atoms with Gasteiger partial charge in [-0.25, -0.2) is 9.37 Å². The van der Waals surface area contributed by atoms with Crippen molar-refractivity contribution < 1.29 is 23.8 Å². The second-order valence-corrected chi connectivity index (χ2v) is 12.6. The van der Waals surface area contributed by atoms with E-state index in [1.807, 2.05) is 13.0 Å². The lowest BCUT2D eigenvalue weighted by Gasteiger charge is -2.30. The van der Waals surface area contributed by atoms with E-state index in [4.69, 9.17) is 9.47 Å². The summed E-state index contributed by atoms with van der Waals surface area (Å²) in [6.07, 6.45) is 7.29. The van der Waals surface area contributed by atoms with Crippen LogP contribution in [0.4, 0.5) is 4.39 Å². The number of nitrogens with zero attached hydrogens (tertiary/aromatic N) is 2. The maximum Gasteiger partial charge on any atom is 0.306 e. The molecule has 1 aromatic heterocycles. The third kappa shape index (κ3) is 5.63. The molecule has 1 unspecified atom stereocenters. The van der Waals surface area contributed by atoms with E-state index in [2.05, 4.69) is 54.1 Å². The maximum atomic E-state index is 15.1. The van der Waals surface area contributed by atoms with Gasteiger partial charge in [-0.2, -0.15) is 0 Å². The number of carboxylic acids is 1. The molecule has 222 valence electrons. The van der Waals surface area contributed by atoms with Crippen LogP contribution < -0.4 is 9.47 Å². The van der Waals surface area contributed by atoms with Gasteiger partial charge < -0.3 is 14.6 Å². The minimum Gasteiger partial charge on any atom is -0.485 e. The molecule has 0 bridgehead atoms. The fraction of sp³-hybridized carbons (Fsp3) is 0.486. The van der Waals surface area contributed by atoms with Gasteiger partial charge in [0.05, 0.1) is 19.2 Å². The minimum atomic E-state index is -0.749. The Kier molecular flexibility index (Phi) is 7.97. The standard InChI is InChI=1S/C35H41FN2O4/c1-20-5-6-21(2)38(20)19-27-15-25(11-13-28(27)29-17-33(41-4)37-18-30(29)36)31-14-12-23-7-10-26(16-32(23)42-31)34(24-8-9-24)22(3)35(39)40/h7,10-11,13,15-18,20-22,24,31,34H,5-6,8-9,12,14,19H2,1-4H3,(H,39,40)/t20-,21-,22+,31-,34?/m1/s1. The number of aliphatic carboxylic acids is 1. The summed E-state index contributed by atoms with van der Waals surface area (Å²) in [6, 6.07) is 15.2. The van der Waals surface area contributed by atoms with Crippen molar-refractivity contribution >= 4 is 5.97 Å². The Morgan fingerprint density at radius 1 is 1.07 bits per heavy atom. The number of halogens is 1. The lowest BCUT2D eigenvalue weighted by molar-refractivity contribution is -0.142. The monoisotopic (exact) mass is 572 g/mol. The molecule has 1 aliphatic carbocycles. The molecule has 3 aromatic rings. The number of aromatic nitrogens is 1. The second-order valence-electron chi connectivity index (χ2n) is 12.6. The Hall–Kier alpha value is -3.45. The number of likely N-dealkylation sites (tertiary alicyclic amines) is 1. The number of hydrogen-bond acceptors (Lipinski definition) is 5. The number of fused-ring (bicyclic) bond motifs is 1. The van der Waals surface area contributed by atoms with Gasteiger partial charge in [-0.05, 0) is 98.1 Å². The average Bonchev–Trinajstić information content (AvgIpc) is 3.78. The number of methoxy groups -OCH3 is 1. The van der Waals surface area contributed by atoms with E-state index in [9.17, 15) is 9.90 Å². The highest BCUT2D eigenvalue weighted by molar-refractivity contribution is 5.71. The molecule has 2 fully saturated rings. The molecule has 1 N–H and O–H groups in total. The summed E-state index contributed by atoms with van der Waals surface area (Å²) in [7, 11) is 1.54. The zero-order valence-corrected chi connectivity index (χ0v) is 25.0. The average molecular weight is 573 g/mol. The zero-order chi connectivity index (χ0) is 29.5. The quantitative estimate of drug-likeness (QED) is 0.285. The van der Waals surface area contributed by atoms with Crippen molar-refractivity contribution in [3.05, 3.63) is 76.7 Å². The molecular formula is C35H41FN2O4. The first-order valence-electron chi connectivity index (χ1n) is 15.3. The van der Waals surface area contributed by atoms with Crippen LogP contribution >= 0.6 is 0 Å². The molecule has 6 rings (SSSR count). The highest BCUT2D eigenvalue weighted by Crippen LogP contribution is 2.48. The number of carbonyl (C=O) groups is 1. The van der Waals surface area contributed by atoms with Gasteiger partial charge in [0.15, 0.2) is 0 Å². The normalized spacial score (nSPS) is 23.6.